The number of nitrogens with zero attached hydrogens (tertiary/aromatic N) is 1. The average Bonchev–Trinajstić information content (AvgIpc) is 2.99. The summed E-state index contributed by atoms with van der Waals surface area (Å²) in [7, 11) is 1.58. The number of urea groups is 1. The molecule has 36 heavy (non-hydrogen) atoms. The molecule has 0 fully saturated rings. The van der Waals surface area contributed by atoms with Crippen LogP contribution in [0.15, 0.2) is 84.1 Å². The van der Waals surface area contributed by atoms with Crippen LogP contribution in [0.1, 0.15) is 38.3 Å². The second kappa shape index (κ2) is 9.15. The van der Waals surface area contributed by atoms with E-state index in [2.05, 4.69) is 24.5 Å². The molecule has 1 heterocycles. The van der Waals surface area contributed by atoms with Gasteiger partial charge in [0.15, 0.2) is 5.78 Å². The summed E-state index contributed by atoms with van der Waals surface area (Å²) in [5.41, 5.74) is 3.61. The van der Waals surface area contributed by atoms with Crippen molar-refractivity contribution in [1.29, 1.82) is 0 Å². The van der Waals surface area contributed by atoms with E-state index in [1.54, 1.807) is 12.0 Å². The van der Waals surface area contributed by atoms with E-state index in [1.807, 2.05) is 48.5 Å². The molecule has 6 nitrogen and oxygen atoms in total. The highest BCUT2D eigenvalue weighted by atomic mass is 19.1. The Labute approximate surface area is 209 Å². The van der Waals surface area contributed by atoms with Gasteiger partial charge in [0.2, 0.25) is 0 Å². The normalized spacial score (nSPS) is 18.5. The summed E-state index contributed by atoms with van der Waals surface area (Å²) in [6.45, 7) is 4.15. The molecule has 3 aromatic rings. The van der Waals surface area contributed by atoms with Crippen molar-refractivity contribution in [3.05, 3.63) is 95.4 Å². The molecule has 0 aromatic heterocycles. The van der Waals surface area contributed by atoms with Crippen LogP contribution in [0.2, 0.25) is 0 Å². The van der Waals surface area contributed by atoms with Crippen LogP contribution in [0, 0.1) is 11.2 Å². The first-order chi connectivity index (χ1) is 17.3. The van der Waals surface area contributed by atoms with Gasteiger partial charge in [-0.15, -0.1) is 0 Å². The second-order valence-electron chi connectivity index (χ2n) is 9.93. The number of fused-ring (bicyclic) bond motifs is 1. The lowest BCUT2D eigenvalue weighted by molar-refractivity contribution is -0.118. The number of hydrogen-bond acceptors (Lipinski definition) is 4. The molecule has 1 atom stereocenters. The van der Waals surface area contributed by atoms with Crippen LogP contribution in [0.25, 0.3) is 0 Å². The van der Waals surface area contributed by atoms with Crippen LogP contribution >= 0.6 is 0 Å². The summed E-state index contributed by atoms with van der Waals surface area (Å²) < 4.78 is 19.2. The number of para-hydroxylation sites is 3. The van der Waals surface area contributed by atoms with Gasteiger partial charge in [-0.1, -0.05) is 44.2 Å². The number of anilines is 3. The Balaban J connectivity index is 1.74. The van der Waals surface area contributed by atoms with Gasteiger partial charge in [0.25, 0.3) is 0 Å². The molecule has 0 saturated heterocycles. The van der Waals surface area contributed by atoms with Crippen molar-refractivity contribution in [2.45, 2.75) is 32.7 Å². The molecule has 0 spiro atoms. The molecule has 0 radical (unpaired) electrons. The molecule has 0 unspecified atom stereocenters. The Hall–Kier alpha value is -4.13. The number of halogens is 1. The molecule has 0 bridgehead atoms. The highest BCUT2D eigenvalue weighted by molar-refractivity contribution is 6.09. The number of benzene rings is 3. The van der Waals surface area contributed by atoms with Gasteiger partial charge in [-0.25, -0.2) is 9.18 Å². The number of rotatable bonds is 3. The molecule has 2 amide bonds. The Morgan fingerprint density at radius 1 is 1.03 bits per heavy atom. The zero-order valence-electron chi connectivity index (χ0n) is 20.5. The third kappa shape index (κ3) is 4.33. The first-order valence-electron chi connectivity index (χ1n) is 11.9. The predicted octanol–water partition coefficient (Wildman–Crippen LogP) is 6.68. The molecule has 184 valence electrons. The van der Waals surface area contributed by atoms with Crippen molar-refractivity contribution in [2.75, 3.05) is 22.6 Å². The van der Waals surface area contributed by atoms with Gasteiger partial charge in [-0.2, -0.15) is 0 Å². The van der Waals surface area contributed by atoms with Crippen LogP contribution in [-0.2, 0) is 4.79 Å². The van der Waals surface area contributed by atoms with Gasteiger partial charge < -0.3 is 15.4 Å². The Bertz CT molecular complexity index is 1360. The smallest absolute Gasteiger partial charge is 0.327 e. The second-order valence-corrected chi connectivity index (χ2v) is 9.93. The lowest BCUT2D eigenvalue weighted by Gasteiger charge is -2.37. The van der Waals surface area contributed by atoms with Crippen molar-refractivity contribution >= 4 is 28.9 Å². The van der Waals surface area contributed by atoms with E-state index in [0.717, 1.165) is 11.4 Å². The quantitative estimate of drug-likeness (QED) is 0.434. The van der Waals surface area contributed by atoms with E-state index in [0.29, 0.717) is 41.1 Å². The highest BCUT2D eigenvalue weighted by Crippen LogP contribution is 2.49. The lowest BCUT2D eigenvalue weighted by Crippen LogP contribution is -2.41. The van der Waals surface area contributed by atoms with E-state index in [4.69, 9.17) is 4.74 Å². The van der Waals surface area contributed by atoms with E-state index < -0.39 is 17.9 Å². The van der Waals surface area contributed by atoms with Gasteiger partial charge in [-0.05, 0) is 54.3 Å². The van der Waals surface area contributed by atoms with Crippen LogP contribution in [0.4, 0.5) is 26.2 Å². The maximum absolute atomic E-state index is 14.0. The van der Waals surface area contributed by atoms with Crippen LogP contribution in [0.5, 0.6) is 5.75 Å². The molecule has 5 rings (SSSR count). The Morgan fingerprint density at radius 2 is 1.72 bits per heavy atom. The number of amides is 2. The number of ketones is 1. The fourth-order valence-electron chi connectivity index (χ4n) is 5.11. The maximum atomic E-state index is 14.0. The van der Waals surface area contributed by atoms with Crippen molar-refractivity contribution in [1.82, 2.24) is 0 Å². The number of carbonyl (C=O) groups is 2. The van der Waals surface area contributed by atoms with Crippen LogP contribution in [0.3, 0.4) is 0 Å². The topological polar surface area (TPSA) is 70.7 Å². The lowest BCUT2D eigenvalue weighted by atomic mass is 9.73. The number of allylic oxidation sites excluding steroid dienone is 1. The SMILES string of the molecule is COc1ccccc1[C@H]1C2=C(CC(C)(C)CC2=O)Nc2ccccc2N1C(=O)Nc1ccc(F)cc1. The van der Waals surface area contributed by atoms with Crippen molar-refractivity contribution < 1.29 is 18.7 Å². The van der Waals surface area contributed by atoms with Crippen molar-refractivity contribution in [3.8, 4) is 5.75 Å². The number of hydrogen-bond donors (Lipinski definition) is 2. The molecule has 3 aromatic carbocycles. The fraction of sp³-hybridized carbons (Fsp3) is 0.241. The zero-order chi connectivity index (χ0) is 25.4. The summed E-state index contributed by atoms with van der Waals surface area (Å²) in [4.78, 5) is 29.3. The number of carbonyl (C=O) groups excluding carboxylic acids is 2. The maximum Gasteiger partial charge on any atom is 0.327 e. The van der Waals surface area contributed by atoms with Gasteiger partial charge >= 0.3 is 6.03 Å². The van der Waals surface area contributed by atoms with Gasteiger partial charge in [-0.3, -0.25) is 9.69 Å². The summed E-state index contributed by atoms with van der Waals surface area (Å²) >= 11 is 0. The van der Waals surface area contributed by atoms with Gasteiger partial charge in [0.05, 0.1) is 24.5 Å². The molecule has 7 heteroatoms. The highest BCUT2D eigenvalue weighted by Gasteiger charge is 2.44. The summed E-state index contributed by atoms with van der Waals surface area (Å²) in [5.74, 6) is 0.164. The molecule has 1 aliphatic heterocycles. The number of ether oxygens (including phenoxy) is 1. The number of Topliss-reactive ketones (excluding diaryl/α,β-unsaturated/α-hetero) is 1. The predicted molar refractivity (Wildman–Crippen MR) is 139 cm³/mol. The molecule has 1 aliphatic carbocycles. The number of methoxy groups -OCH3 is 1. The number of nitrogens with one attached hydrogen (secondary N) is 2. The minimum absolute atomic E-state index is 0.0166. The molecular formula is C29H28FN3O3. The first kappa shape index (κ1) is 23.6. The monoisotopic (exact) mass is 485 g/mol. The fourth-order valence-corrected chi connectivity index (χ4v) is 5.11. The van der Waals surface area contributed by atoms with Gasteiger partial charge in [0.1, 0.15) is 11.6 Å². The minimum atomic E-state index is -0.739. The zero-order valence-corrected chi connectivity index (χ0v) is 20.5. The van der Waals surface area contributed by atoms with E-state index >= 15 is 0 Å². The van der Waals surface area contributed by atoms with Gasteiger partial charge in [0, 0.05) is 28.9 Å². The molecule has 2 aliphatic rings. The average molecular weight is 486 g/mol. The standard InChI is InChI=1S/C29H28FN3O3/c1-29(2)16-22-26(24(34)17-29)27(20-8-4-7-11-25(20)36-3)33(23-10-6-5-9-21(23)32-22)28(35)31-19-14-12-18(30)13-15-19/h4-15,27,32H,16-17H2,1-3H3,(H,31,35)/t27-/m0/s1. The Morgan fingerprint density at radius 3 is 2.47 bits per heavy atom. The largest absolute Gasteiger partial charge is 0.496 e. The molecule has 0 saturated carbocycles. The van der Waals surface area contributed by atoms with Crippen molar-refractivity contribution in [2.24, 2.45) is 5.41 Å². The molecule has 2 N–H and O–H groups in total. The third-order valence-corrected chi connectivity index (χ3v) is 6.65. The summed E-state index contributed by atoms with van der Waals surface area (Å²) in [5, 5.41) is 6.38. The Kier molecular flexibility index (Phi) is 6.00. The van der Waals surface area contributed by atoms with Crippen molar-refractivity contribution in [3.63, 3.8) is 0 Å². The van der Waals surface area contributed by atoms with Crippen LogP contribution in [-0.4, -0.2) is 18.9 Å². The summed E-state index contributed by atoms with van der Waals surface area (Å²) in [6.07, 6.45) is 1.02. The van der Waals surface area contributed by atoms with E-state index in [-0.39, 0.29) is 11.2 Å². The third-order valence-electron chi connectivity index (χ3n) is 6.65. The minimum Gasteiger partial charge on any atom is -0.496 e. The van der Waals surface area contributed by atoms with E-state index in [1.165, 1.54) is 24.3 Å². The first-order valence-corrected chi connectivity index (χ1v) is 11.9. The van der Waals surface area contributed by atoms with E-state index in [9.17, 15) is 14.0 Å². The summed E-state index contributed by atoms with van der Waals surface area (Å²) in [6, 6.07) is 19.3. The van der Waals surface area contributed by atoms with Crippen LogP contribution < -0.4 is 20.3 Å². The molecular weight excluding hydrogens is 457 g/mol.